The van der Waals surface area contributed by atoms with Crippen molar-refractivity contribution in [3.63, 3.8) is 0 Å². The summed E-state index contributed by atoms with van der Waals surface area (Å²) in [6.07, 6.45) is 11.1. The molecule has 0 aromatic rings. The monoisotopic (exact) mass is 252 g/mol. The molecule has 2 unspecified atom stereocenters. The molecule has 0 amide bonds. The molecule has 2 fully saturated rings. The molecule has 1 aliphatic carbocycles. The van der Waals surface area contributed by atoms with Crippen LogP contribution in [0.2, 0.25) is 0 Å². The average molecular weight is 252 g/mol. The molecule has 0 aromatic heterocycles. The Morgan fingerprint density at radius 2 is 1.83 bits per heavy atom. The lowest BCUT2D eigenvalue weighted by atomic mass is 9.81. The summed E-state index contributed by atoms with van der Waals surface area (Å²) >= 11 is 0. The lowest BCUT2D eigenvalue weighted by Gasteiger charge is -2.35. The first-order valence-electron chi connectivity index (χ1n) is 8.19. The number of hydrogen-bond donors (Lipinski definition) is 1. The Hall–Kier alpha value is -0.0800. The van der Waals surface area contributed by atoms with Crippen molar-refractivity contribution >= 4 is 0 Å². The highest BCUT2D eigenvalue weighted by molar-refractivity contribution is 4.93. The van der Waals surface area contributed by atoms with E-state index < -0.39 is 0 Å². The summed E-state index contributed by atoms with van der Waals surface area (Å²) in [4.78, 5) is 2.80. The molecule has 2 atom stereocenters. The van der Waals surface area contributed by atoms with Gasteiger partial charge in [0.15, 0.2) is 0 Å². The fraction of sp³-hybridized carbons (Fsp3) is 1.00. The normalized spacial score (nSPS) is 33.5. The first-order valence-corrected chi connectivity index (χ1v) is 8.19. The van der Waals surface area contributed by atoms with Gasteiger partial charge in [0, 0.05) is 12.6 Å². The van der Waals surface area contributed by atoms with Gasteiger partial charge < -0.3 is 5.73 Å². The molecule has 1 heterocycles. The van der Waals surface area contributed by atoms with Gasteiger partial charge >= 0.3 is 0 Å². The molecule has 2 nitrogen and oxygen atoms in total. The van der Waals surface area contributed by atoms with Crippen LogP contribution in [0.15, 0.2) is 0 Å². The molecule has 0 bridgehead atoms. The van der Waals surface area contributed by atoms with E-state index in [9.17, 15) is 0 Å². The van der Waals surface area contributed by atoms with Crippen molar-refractivity contribution in [1.82, 2.24) is 4.90 Å². The van der Waals surface area contributed by atoms with Crippen LogP contribution >= 0.6 is 0 Å². The Bertz CT molecular complexity index is 247. The number of nitrogens with two attached hydrogens (primary N) is 1. The third kappa shape index (κ3) is 2.91. The number of nitrogens with zero attached hydrogens (tertiary/aromatic N) is 1. The summed E-state index contributed by atoms with van der Waals surface area (Å²) in [6, 6.07) is 0.789. The van der Waals surface area contributed by atoms with Gasteiger partial charge in [-0.25, -0.2) is 0 Å². The van der Waals surface area contributed by atoms with E-state index in [1.165, 1.54) is 64.5 Å². The fourth-order valence-corrected chi connectivity index (χ4v) is 4.20. The van der Waals surface area contributed by atoms with E-state index in [4.69, 9.17) is 5.73 Å². The molecule has 1 saturated heterocycles. The summed E-state index contributed by atoms with van der Waals surface area (Å²) in [5.41, 5.74) is 6.65. The summed E-state index contributed by atoms with van der Waals surface area (Å²) in [5.74, 6) is 0.761. The standard InChI is InChI=1S/C16H32N2/c1-3-16(4-2)10-11-18(13-16)15-9-7-5-6-8-14(15)12-17/h14-15H,3-13,17H2,1-2H3. The van der Waals surface area contributed by atoms with Gasteiger partial charge in [-0.1, -0.05) is 33.1 Å². The highest BCUT2D eigenvalue weighted by Crippen LogP contribution is 2.40. The minimum Gasteiger partial charge on any atom is -0.330 e. The first-order chi connectivity index (χ1) is 8.74. The molecule has 0 spiro atoms. The topological polar surface area (TPSA) is 29.3 Å². The molecule has 2 heteroatoms. The Labute approximate surface area is 113 Å². The Morgan fingerprint density at radius 3 is 2.44 bits per heavy atom. The second-order valence-electron chi connectivity index (χ2n) is 6.63. The zero-order chi connectivity index (χ0) is 13.0. The zero-order valence-electron chi connectivity index (χ0n) is 12.5. The van der Waals surface area contributed by atoms with E-state index >= 15 is 0 Å². The van der Waals surface area contributed by atoms with E-state index in [0.717, 1.165) is 18.5 Å². The van der Waals surface area contributed by atoms with Crippen molar-refractivity contribution in [2.45, 2.75) is 71.3 Å². The fourth-order valence-electron chi connectivity index (χ4n) is 4.20. The number of hydrogen-bond acceptors (Lipinski definition) is 2. The lowest BCUT2D eigenvalue weighted by molar-refractivity contribution is 0.141. The summed E-state index contributed by atoms with van der Waals surface area (Å²) < 4.78 is 0. The van der Waals surface area contributed by atoms with Crippen LogP contribution in [0.3, 0.4) is 0 Å². The Balaban J connectivity index is 2.01. The highest BCUT2D eigenvalue weighted by atomic mass is 15.2. The van der Waals surface area contributed by atoms with Crippen molar-refractivity contribution in [2.24, 2.45) is 17.1 Å². The average Bonchev–Trinajstić information content (AvgIpc) is 2.70. The van der Waals surface area contributed by atoms with E-state index in [1.54, 1.807) is 0 Å². The minimum absolute atomic E-state index is 0.617. The van der Waals surface area contributed by atoms with Gasteiger partial charge in [-0.15, -0.1) is 0 Å². The summed E-state index contributed by atoms with van der Waals surface area (Å²) in [6.45, 7) is 8.30. The smallest absolute Gasteiger partial charge is 0.0136 e. The van der Waals surface area contributed by atoms with Crippen LogP contribution < -0.4 is 5.73 Å². The molecule has 18 heavy (non-hydrogen) atoms. The molecule has 0 aromatic carbocycles. The van der Waals surface area contributed by atoms with Crippen molar-refractivity contribution in [3.8, 4) is 0 Å². The molecule has 2 N–H and O–H groups in total. The van der Waals surface area contributed by atoms with Crippen molar-refractivity contribution < 1.29 is 0 Å². The second kappa shape index (κ2) is 6.38. The molecule has 106 valence electrons. The summed E-state index contributed by atoms with van der Waals surface area (Å²) in [7, 11) is 0. The van der Waals surface area contributed by atoms with Crippen molar-refractivity contribution in [3.05, 3.63) is 0 Å². The quantitative estimate of drug-likeness (QED) is 0.777. The first kappa shape index (κ1) is 14.3. The maximum Gasteiger partial charge on any atom is 0.0136 e. The molecule has 2 aliphatic rings. The van der Waals surface area contributed by atoms with Crippen LogP contribution in [0.25, 0.3) is 0 Å². The van der Waals surface area contributed by atoms with E-state index in [1.807, 2.05) is 0 Å². The Kier molecular flexibility index (Phi) is 5.08. The predicted molar refractivity (Wildman–Crippen MR) is 78.6 cm³/mol. The molecule has 1 saturated carbocycles. The number of likely N-dealkylation sites (tertiary alicyclic amines) is 1. The van der Waals surface area contributed by atoms with E-state index in [2.05, 4.69) is 18.7 Å². The SMILES string of the molecule is CCC1(CC)CCN(C2CCCCCC2CN)C1. The highest BCUT2D eigenvalue weighted by Gasteiger charge is 2.39. The van der Waals surface area contributed by atoms with Gasteiger partial charge in [0.25, 0.3) is 0 Å². The van der Waals surface area contributed by atoms with Crippen molar-refractivity contribution in [1.29, 1.82) is 0 Å². The van der Waals surface area contributed by atoms with Gasteiger partial charge in [0.1, 0.15) is 0 Å². The van der Waals surface area contributed by atoms with Gasteiger partial charge in [0.05, 0.1) is 0 Å². The van der Waals surface area contributed by atoms with Gasteiger partial charge in [-0.2, -0.15) is 0 Å². The maximum absolute atomic E-state index is 6.04. The van der Waals surface area contributed by atoms with E-state index in [-0.39, 0.29) is 0 Å². The molecule has 0 radical (unpaired) electrons. The third-order valence-corrected chi connectivity index (χ3v) is 5.86. The van der Waals surface area contributed by atoms with Gasteiger partial charge in [0.2, 0.25) is 0 Å². The molecular weight excluding hydrogens is 220 g/mol. The van der Waals surface area contributed by atoms with Crippen LogP contribution in [0, 0.1) is 11.3 Å². The third-order valence-electron chi connectivity index (χ3n) is 5.86. The van der Waals surface area contributed by atoms with Gasteiger partial charge in [-0.05, 0) is 56.5 Å². The zero-order valence-corrected chi connectivity index (χ0v) is 12.5. The lowest BCUT2D eigenvalue weighted by Crippen LogP contribution is -2.42. The van der Waals surface area contributed by atoms with Crippen LogP contribution in [-0.2, 0) is 0 Å². The van der Waals surface area contributed by atoms with Crippen LogP contribution in [-0.4, -0.2) is 30.6 Å². The molecule has 2 rings (SSSR count). The van der Waals surface area contributed by atoms with Gasteiger partial charge in [-0.3, -0.25) is 4.90 Å². The van der Waals surface area contributed by atoms with Crippen LogP contribution in [0.1, 0.15) is 65.2 Å². The predicted octanol–water partition coefficient (Wildman–Crippen LogP) is 3.41. The Morgan fingerprint density at radius 1 is 1.11 bits per heavy atom. The van der Waals surface area contributed by atoms with Crippen LogP contribution in [0.5, 0.6) is 0 Å². The van der Waals surface area contributed by atoms with Crippen LogP contribution in [0.4, 0.5) is 0 Å². The molecular formula is C16H32N2. The minimum atomic E-state index is 0.617. The second-order valence-corrected chi connectivity index (χ2v) is 6.63. The molecule has 1 aliphatic heterocycles. The maximum atomic E-state index is 6.04. The van der Waals surface area contributed by atoms with E-state index in [0.29, 0.717) is 5.41 Å². The number of rotatable bonds is 4. The summed E-state index contributed by atoms with van der Waals surface area (Å²) in [5, 5.41) is 0. The van der Waals surface area contributed by atoms with Crippen molar-refractivity contribution in [2.75, 3.05) is 19.6 Å². The largest absolute Gasteiger partial charge is 0.330 e.